The summed E-state index contributed by atoms with van der Waals surface area (Å²) in [6.07, 6.45) is 4.18. The topological polar surface area (TPSA) is 43.6 Å². The highest BCUT2D eigenvalue weighted by molar-refractivity contribution is 7.16. The minimum atomic E-state index is -0.180. The first-order chi connectivity index (χ1) is 10.2. The Labute approximate surface area is 131 Å². The average Bonchev–Trinajstić information content (AvgIpc) is 3.19. The van der Waals surface area contributed by atoms with Gasteiger partial charge in [-0.25, -0.2) is 4.98 Å². The van der Waals surface area contributed by atoms with Crippen molar-refractivity contribution in [1.82, 2.24) is 9.38 Å². The number of rotatable bonds is 5. The Morgan fingerprint density at radius 2 is 2.29 bits per heavy atom. The van der Waals surface area contributed by atoms with E-state index in [0.29, 0.717) is 12.8 Å². The Morgan fingerprint density at radius 3 is 3.00 bits per heavy atom. The number of thiazole rings is 1. The van der Waals surface area contributed by atoms with Crippen LogP contribution < -0.4 is 0 Å². The van der Waals surface area contributed by atoms with E-state index in [2.05, 4.69) is 40.0 Å². The number of carbonyl (C=O) groups is 1. The molecule has 0 fully saturated rings. The molecule has 0 aliphatic carbocycles. The van der Waals surface area contributed by atoms with Crippen molar-refractivity contribution < 1.29 is 9.53 Å². The van der Waals surface area contributed by atoms with E-state index < -0.39 is 0 Å². The van der Waals surface area contributed by atoms with E-state index in [0.717, 1.165) is 22.8 Å². The predicted octanol–water partition coefficient (Wildman–Crippen LogP) is 3.79. The molecular formula is C15H16N2O2S2. The SMILES string of the molecule is CCc1ccc(-c2cn3c(CCC(=O)OC)csc3n2)s1. The molecule has 0 aliphatic rings. The van der Waals surface area contributed by atoms with Gasteiger partial charge in [0.1, 0.15) is 5.69 Å². The summed E-state index contributed by atoms with van der Waals surface area (Å²) in [6, 6.07) is 4.29. The number of thiophene rings is 1. The Hall–Kier alpha value is -1.66. The molecule has 0 radical (unpaired) electrons. The van der Waals surface area contributed by atoms with Crippen molar-refractivity contribution in [2.75, 3.05) is 7.11 Å². The van der Waals surface area contributed by atoms with Gasteiger partial charge in [-0.1, -0.05) is 6.92 Å². The second-order valence-corrected chi connectivity index (χ2v) is 6.71. The average molecular weight is 320 g/mol. The number of fused-ring (bicyclic) bond motifs is 1. The van der Waals surface area contributed by atoms with Crippen LogP contribution in [-0.2, 0) is 22.4 Å². The van der Waals surface area contributed by atoms with Crippen LogP contribution in [0.15, 0.2) is 23.7 Å². The second-order valence-electron chi connectivity index (χ2n) is 4.70. The molecule has 3 rings (SSSR count). The van der Waals surface area contributed by atoms with E-state index in [4.69, 9.17) is 4.74 Å². The van der Waals surface area contributed by atoms with E-state index in [9.17, 15) is 4.79 Å². The summed E-state index contributed by atoms with van der Waals surface area (Å²) in [5, 5.41) is 2.06. The van der Waals surface area contributed by atoms with Crippen molar-refractivity contribution in [3.05, 3.63) is 34.3 Å². The highest BCUT2D eigenvalue weighted by Gasteiger charge is 2.12. The molecule has 0 saturated heterocycles. The lowest BCUT2D eigenvalue weighted by molar-refractivity contribution is -0.140. The molecule has 3 aromatic heterocycles. The molecule has 21 heavy (non-hydrogen) atoms. The summed E-state index contributed by atoms with van der Waals surface area (Å²) in [7, 11) is 1.42. The minimum absolute atomic E-state index is 0.180. The van der Waals surface area contributed by atoms with E-state index in [1.165, 1.54) is 16.9 Å². The molecule has 110 valence electrons. The number of imidazole rings is 1. The minimum Gasteiger partial charge on any atom is -0.469 e. The summed E-state index contributed by atoms with van der Waals surface area (Å²) in [6.45, 7) is 2.16. The molecule has 3 aromatic rings. The molecule has 0 aliphatic heterocycles. The molecule has 0 amide bonds. The van der Waals surface area contributed by atoms with Gasteiger partial charge in [0.2, 0.25) is 0 Å². The van der Waals surface area contributed by atoms with Crippen LogP contribution in [0.25, 0.3) is 15.5 Å². The highest BCUT2D eigenvalue weighted by atomic mass is 32.1. The lowest BCUT2D eigenvalue weighted by Crippen LogP contribution is -2.02. The highest BCUT2D eigenvalue weighted by Crippen LogP contribution is 2.30. The Kier molecular flexibility index (Phi) is 4.07. The fraction of sp³-hybridized carbons (Fsp3) is 0.333. The fourth-order valence-corrected chi connectivity index (χ4v) is 3.97. The summed E-state index contributed by atoms with van der Waals surface area (Å²) in [5.74, 6) is -0.180. The lowest BCUT2D eigenvalue weighted by atomic mass is 10.2. The Bertz CT molecular complexity index is 770. The van der Waals surface area contributed by atoms with Crippen molar-refractivity contribution in [2.45, 2.75) is 26.2 Å². The van der Waals surface area contributed by atoms with Crippen molar-refractivity contribution in [1.29, 1.82) is 0 Å². The van der Waals surface area contributed by atoms with Crippen LogP contribution in [0.1, 0.15) is 23.9 Å². The maximum Gasteiger partial charge on any atom is 0.305 e. The summed E-state index contributed by atoms with van der Waals surface area (Å²) in [5.41, 5.74) is 2.11. The largest absolute Gasteiger partial charge is 0.469 e. The van der Waals surface area contributed by atoms with E-state index in [1.807, 2.05) is 0 Å². The van der Waals surface area contributed by atoms with Gasteiger partial charge < -0.3 is 4.74 Å². The van der Waals surface area contributed by atoms with Gasteiger partial charge in [0.05, 0.1) is 18.4 Å². The number of carbonyl (C=O) groups excluding carboxylic acids is 1. The van der Waals surface area contributed by atoms with Gasteiger partial charge >= 0.3 is 5.97 Å². The summed E-state index contributed by atoms with van der Waals surface area (Å²) in [4.78, 5) is 19.5. The molecule has 0 saturated carbocycles. The number of hydrogen-bond donors (Lipinski definition) is 0. The molecule has 3 heterocycles. The maximum absolute atomic E-state index is 11.3. The molecule has 0 spiro atoms. The normalized spacial score (nSPS) is 11.1. The van der Waals surface area contributed by atoms with Crippen LogP contribution in [0.4, 0.5) is 0 Å². The van der Waals surface area contributed by atoms with Crippen LogP contribution in [0, 0.1) is 0 Å². The quantitative estimate of drug-likeness (QED) is 0.672. The smallest absolute Gasteiger partial charge is 0.305 e. The number of nitrogens with zero attached hydrogens (tertiary/aromatic N) is 2. The fourth-order valence-electron chi connectivity index (χ4n) is 2.17. The van der Waals surface area contributed by atoms with Crippen LogP contribution in [0.2, 0.25) is 0 Å². The van der Waals surface area contributed by atoms with E-state index >= 15 is 0 Å². The second kappa shape index (κ2) is 5.99. The summed E-state index contributed by atoms with van der Waals surface area (Å²) < 4.78 is 6.77. The molecular weight excluding hydrogens is 304 g/mol. The van der Waals surface area contributed by atoms with E-state index in [1.54, 1.807) is 22.7 Å². The molecule has 6 heteroatoms. The molecule has 4 nitrogen and oxygen atoms in total. The van der Waals surface area contributed by atoms with Crippen molar-refractivity contribution >= 4 is 33.6 Å². The molecule has 0 unspecified atom stereocenters. The third-order valence-electron chi connectivity index (χ3n) is 3.36. The molecule has 0 N–H and O–H groups in total. The molecule has 0 bridgehead atoms. The van der Waals surface area contributed by atoms with Gasteiger partial charge in [0.25, 0.3) is 0 Å². The first-order valence-electron chi connectivity index (χ1n) is 6.82. The number of methoxy groups -OCH3 is 1. The number of aryl methyl sites for hydroxylation is 2. The predicted molar refractivity (Wildman–Crippen MR) is 86.1 cm³/mol. The molecule has 0 atom stereocenters. The van der Waals surface area contributed by atoms with Crippen LogP contribution in [0.5, 0.6) is 0 Å². The lowest BCUT2D eigenvalue weighted by Gasteiger charge is -1.98. The van der Waals surface area contributed by atoms with Crippen molar-refractivity contribution in [3.63, 3.8) is 0 Å². The third kappa shape index (κ3) is 2.87. The van der Waals surface area contributed by atoms with Gasteiger partial charge in [0, 0.05) is 22.1 Å². The van der Waals surface area contributed by atoms with Crippen LogP contribution >= 0.6 is 22.7 Å². The van der Waals surface area contributed by atoms with Gasteiger partial charge in [-0.2, -0.15) is 0 Å². The monoisotopic (exact) mass is 320 g/mol. The first kappa shape index (κ1) is 14.3. The third-order valence-corrected chi connectivity index (χ3v) is 5.50. The number of ether oxygens (including phenoxy) is 1. The first-order valence-corrected chi connectivity index (χ1v) is 8.52. The van der Waals surface area contributed by atoms with Gasteiger partial charge in [0.15, 0.2) is 4.96 Å². The van der Waals surface area contributed by atoms with Gasteiger partial charge in [-0.15, -0.1) is 22.7 Å². The molecule has 0 aromatic carbocycles. The Balaban J connectivity index is 1.86. The standard InChI is InChI=1S/C15H16N2O2S2/c1-3-11-5-6-13(21-11)12-8-17-10(4-7-14(18)19-2)9-20-15(17)16-12/h5-6,8-9H,3-4,7H2,1-2H3. The van der Waals surface area contributed by atoms with Crippen LogP contribution in [-0.4, -0.2) is 22.5 Å². The zero-order valence-electron chi connectivity index (χ0n) is 12.0. The maximum atomic E-state index is 11.3. The van der Waals surface area contributed by atoms with Crippen molar-refractivity contribution in [3.8, 4) is 10.6 Å². The van der Waals surface area contributed by atoms with Gasteiger partial charge in [-0.05, 0) is 25.0 Å². The van der Waals surface area contributed by atoms with Crippen molar-refractivity contribution in [2.24, 2.45) is 0 Å². The zero-order chi connectivity index (χ0) is 14.8. The zero-order valence-corrected chi connectivity index (χ0v) is 13.6. The number of hydrogen-bond acceptors (Lipinski definition) is 5. The van der Waals surface area contributed by atoms with E-state index in [-0.39, 0.29) is 5.97 Å². The van der Waals surface area contributed by atoms with Crippen LogP contribution in [0.3, 0.4) is 0 Å². The Morgan fingerprint density at radius 1 is 1.43 bits per heavy atom. The number of aromatic nitrogens is 2. The number of esters is 1. The summed E-state index contributed by atoms with van der Waals surface area (Å²) >= 11 is 3.39. The van der Waals surface area contributed by atoms with Gasteiger partial charge in [-0.3, -0.25) is 9.20 Å².